The van der Waals surface area contributed by atoms with Crippen LogP contribution in [0.4, 0.5) is 0 Å². The lowest BCUT2D eigenvalue weighted by Gasteiger charge is -2.62. The SMILES string of the molecule is C[C@H](CC(=O)CCOC(=O)CCOP(O)(=S)OCP(O)(O)=S)C1CCC2C3C(O)CC4C[C@H](N)CC[C@]4(C)C3CC[C@@]21C. The fourth-order valence-corrected chi connectivity index (χ4v) is 12.3. The number of carbonyl (C=O) groups excluding carboxylic acids is 2. The zero-order chi connectivity index (χ0) is 31.8. The molecule has 0 heterocycles. The molecular formula is C29H51NO9P2S2. The largest absolute Gasteiger partial charge is 0.465 e. The van der Waals surface area contributed by atoms with Crippen LogP contribution in [0.5, 0.6) is 0 Å². The van der Waals surface area contributed by atoms with Crippen molar-refractivity contribution >= 4 is 48.6 Å². The lowest BCUT2D eigenvalue weighted by molar-refractivity contribution is -0.166. The number of aliphatic hydroxyl groups is 1. The topological polar surface area (TPSA) is 169 Å². The Morgan fingerprint density at radius 2 is 1.63 bits per heavy atom. The zero-order valence-electron chi connectivity index (χ0n) is 25.6. The summed E-state index contributed by atoms with van der Waals surface area (Å²) in [6.45, 7) is -0.695. The van der Waals surface area contributed by atoms with E-state index in [0.29, 0.717) is 36.0 Å². The molecule has 4 aliphatic carbocycles. The molecule has 0 radical (unpaired) electrons. The standard InChI is InChI=1S/C29H51NO9P2S2/c1-18(14-21(31)8-12-37-26(33)9-13-38-41(36,43)39-17-40(34,35)42)22-4-5-23-27-24(7-11-29(22,23)3)28(2)10-6-20(30)15-19(28)16-25(27)32/h18-20,22-25,27,32H,4-17,30H2,1-3H3,(H,36,43)(H2,34,35,42)/t18-,19?,20-,22?,23?,24?,25?,27?,28+,29-,41?/m1/s1. The van der Waals surface area contributed by atoms with Gasteiger partial charge in [-0.2, -0.15) is 0 Å². The van der Waals surface area contributed by atoms with Gasteiger partial charge in [0.1, 0.15) is 12.1 Å². The Balaban J connectivity index is 1.22. The number of ketones is 1. The minimum Gasteiger partial charge on any atom is -0.465 e. The molecule has 6 N–H and O–H groups in total. The molecule has 4 rings (SSSR count). The van der Waals surface area contributed by atoms with Gasteiger partial charge in [-0.15, -0.1) is 0 Å². The fourth-order valence-electron chi connectivity index (χ4n) is 9.62. The van der Waals surface area contributed by atoms with Crippen LogP contribution >= 0.6 is 13.2 Å². The zero-order valence-corrected chi connectivity index (χ0v) is 29.1. The summed E-state index contributed by atoms with van der Waals surface area (Å²) in [5.41, 5.74) is 6.73. The Morgan fingerprint density at radius 1 is 0.953 bits per heavy atom. The summed E-state index contributed by atoms with van der Waals surface area (Å²) in [5, 5.41) is 11.5. The second kappa shape index (κ2) is 14.1. The maximum absolute atomic E-state index is 12.9. The molecule has 4 aliphatic rings. The van der Waals surface area contributed by atoms with E-state index in [9.17, 15) is 19.6 Å². The van der Waals surface area contributed by atoms with Crippen LogP contribution < -0.4 is 5.73 Å². The molecule has 0 aromatic heterocycles. The molecule has 0 aliphatic heterocycles. The van der Waals surface area contributed by atoms with Gasteiger partial charge in [-0.3, -0.25) is 14.1 Å². The molecule has 43 heavy (non-hydrogen) atoms. The van der Waals surface area contributed by atoms with E-state index in [-0.39, 0.29) is 60.7 Å². The molecule has 248 valence electrons. The highest BCUT2D eigenvalue weighted by Gasteiger charge is 2.62. The van der Waals surface area contributed by atoms with Crippen molar-refractivity contribution in [3.05, 3.63) is 0 Å². The number of Topliss-reactive ketones (excluding diaryl/α,β-unsaturated/α-hetero) is 1. The Morgan fingerprint density at radius 3 is 2.33 bits per heavy atom. The number of carbonyl (C=O) groups is 2. The van der Waals surface area contributed by atoms with E-state index in [2.05, 4.69) is 32.6 Å². The highest BCUT2D eigenvalue weighted by Crippen LogP contribution is 2.68. The molecule has 14 heteroatoms. The number of esters is 1. The highest BCUT2D eigenvalue weighted by atomic mass is 32.5. The summed E-state index contributed by atoms with van der Waals surface area (Å²) < 4.78 is 14.9. The van der Waals surface area contributed by atoms with E-state index < -0.39 is 25.5 Å². The third-order valence-electron chi connectivity index (χ3n) is 11.6. The molecule has 10 nitrogen and oxygen atoms in total. The van der Waals surface area contributed by atoms with Crippen LogP contribution in [-0.2, 0) is 47.0 Å². The van der Waals surface area contributed by atoms with Gasteiger partial charge in [0, 0.05) is 18.9 Å². The van der Waals surface area contributed by atoms with Gasteiger partial charge in [-0.25, -0.2) is 0 Å². The predicted octanol–water partition coefficient (Wildman–Crippen LogP) is 4.36. The number of ether oxygens (including phenoxy) is 1. The number of hydrogen-bond acceptors (Lipinski definition) is 9. The molecule has 4 saturated carbocycles. The molecule has 0 aromatic carbocycles. The first kappa shape index (κ1) is 36.0. The van der Waals surface area contributed by atoms with Crippen LogP contribution in [0, 0.1) is 46.3 Å². The molecule has 4 fully saturated rings. The number of rotatable bonds is 13. The maximum Gasteiger partial charge on any atom is 0.325 e. The van der Waals surface area contributed by atoms with E-state index in [0.717, 1.165) is 44.9 Å². The third kappa shape index (κ3) is 8.55. The highest BCUT2D eigenvalue weighted by molar-refractivity contribution is 8.09. The summed E-state index contributed by atoms with van der Waals surface area (Å²) in [6, 6.07) is 0.262. The van der Waals surface area contributed by atoms with E-state index in [1.165, 1.54) is 6.42 Å². The first-order valence-corrected chi connectivity index (χ1v) is 21.2. The lowest BCUT2D eigenvalue weighted by atomic mass is 9.43. The first-order valence-electron chi connectivity index (χ1n) is 15.7. The van der Waals surface area contributed by atoms with Crippen molar-refractivity contribution in [3.63, 3.8) is 0 Å². The molecule has 0 aromatic rings. The van der Waals surface area contributed by atoms with Gasteiger partial charge >= 0.3 is 12.7 Å². The van der Waals surface area contributed by atoms with Gasteiger partial charge in [0.25, 0.3) is 0 Å². The molecule has 0 bridgehead atoms. The summed E-state index contributed by atoms with van der Waals surface area (Å²) in [4.78, 5) is 53.1. The van der Waals surface area contributed by atoms with Crippen molar-refractivity contribution in [2.24, 2.45) is 52.1 Å². The minimum atomic E-state index is -3.76. The van der Waals surface area contributed by atoms with Crippen molar-refractivity contribution in [3.8, 4) is 0 Å². The molecule has 0 spiro atoms. The summed E-state index contributed by atoms with van der Waals surface area (Å²) in [5.74, 6) is 1.97. The van der Waals surface area contributed by atoms with Crippen LogP contribution in [0.15, 0.2) is 0 Å². The van der Waals surface area contributed by atoms with Crippen molar-refractivity contribution in [1.82, 2.24) is 0 Å². The van der Waals surface area contributed by atoms with Crippen LogP contribution in [-0.4, -0.2) is 63.2 Å². The fraction of sp³-hybridized carbons (Fsp3) is 0.931. The second-order valence-electron chi connectivity index (χ2n) is 14.2. The molecular weight excluding hydrogens is 632 g/mol. The second-order valence-corrected chi connectivity index (χ2v) is 20.4. The van der Waals surface area contributed by atoms with Gasteiger partial charge in [0.15, 0.2) is 0 Å². The maximum atomic E-state index is 12.9. The van der Waals surface area contributed by atoms with Crippen molar-refractivity contribution in [2.75, 3.05) is 19.6 Å². The van der Waals surface area contributed by atoms with Crippen molar-refractivity contribution in [2.45, 2.75) is 104 Å². The van der Waals surface area contributed by atoms with Gasteiger partial charge in [-0.05, 0) is 121 Å². The van der Waals surface area contributed by atoms with E-state index in [1.54, 1.807) is 0 Å². The smallest absolute Gasteiger partial charge is 0.325 e. The Kier molecular flexibility index (Phi) is 11.8. The molecule has 0 amide bonds. The molecule has 11 atom stereocenters. The van der Waals surface area contributed by atoms with Gasteiger partial charge in [-0.1, -0.05) is 20.8 Å². The Labute approximate surface area is 266 Å². The van der Waals surface area contributed by atoms with Gasteiger partial charge < -0.3 is 34.8 Å². The van der Waals surface area contributed by atoms with Crippen LogP contribution in [0.2, 0.25) is 0 Å². The average Bonchev–Trinajstić information content (AvgIpc) is 3.25. The molecule has 0 saturated heterocycles. The first-order chi connectivity index (χ1) is 19.9. The van der Waals surface area contributed by atoms with Gasteiger partial charge in [0.05, 0.1) is 25.7 Å². The van der Waals surface area contributed by atoms with E-state index >= 15 is 0 Å². The monoisotopic (exact) mass is 683 g/mol. The molecule has 7 unspecified atom stereocenters. The number of aliphatic hydroxyl groups excluding tert-OH is 1. The number of hydrogen-bond donors (Lipinski definition) is 5. The van der Waals surface area contributed by atoms with E-state index in [1.807, 2.05) is 0 Å². The summed E-state index contributed by atoms with van der Waals surface area (Å²) >= 11 is 9.14. The van der Waals surface area contributed by atoms with Crippen LogP contribution in [0.1, 0.15) is 91.4 Å². The van der Waals surface area contributed by atoms with Gasteiger partial charge in [0.2, 0.25) is 6.49 Å². The number of nitrogens with two attached hydrogens (primary N) is 1. The predicted molar refractivity (Wildman–Crippen MR) is 171 cm³/mol. The minimum absolute atomic E-state index is 0.0317. The average molecular weight is 684 g/mol. The van der Waals surface area contributed by atoms with Crippen LogP contribution in [0.25, 0.3) is 0 Å². The van der Waals surface area contributed by atoms with E-state index in [4.69, 9.17) is 41.1 Å². The Bertz CT molecular complexity index is 1120. The Hall–Kier alpha value is 0.160. The quantitative estimate of drug-likeness (QED) is 0.138. The van der Waals surface area contributed by atoms with Crippen molar-refractivity contribution in [1.29, 1.82) is 0 Å². The lowest BCUT2D eigenvalue weighted by Crippen LogP contribution is -2.59. The summed E-state index contributed by atoms with van der Waals surface area (Å²) in [7, 11) is 0. The van der Waals surface area contributed by atoms with Crippen LogP contribution in [0.3, 0.4) is 0 Å². The number of fused-ring (bicyclic) bond motifs is 5. The normalized spacial score (nSPS) is 39.6. The third-order valence-corrected chi connectivity index (χ3v) is 14.2. The summed E-state index contributed by atoms with van der Waals surface area (Å²) in [6.07, 6.45) is 8.03. The van der Waals surface area contributed by atoms with Crippen molar-refractivity contribution < 1.29 is 43.2 Å².